The van der Waals surface area contributed by atoms with Crippen LogP contribution in [0.25, 0.3) is 0 Å². The molecule has 2 aliphatic rings. The lowest BCUT2D eigenvalue weighted by atomic mass is 10.0. The minimum atomic E-state index is -3.23. The third kappa shape index (κ3) is 1.03. The number of ether oxygens (including phenoxy) is 1. The van der Waals surface area contributed by atoms with E-state index in [0.717, 1.165) is 0 Å². The van der Waals surface area contributed by atoms with Crippen LogP contribution in [-0.2, 0) is 14.6 Å². The highest BCUT2D eigenvalue weighted by molar-refractivity contribution is 7.94. The minimum absolute atomic E-state index is 0.239. The van der Waals surface area contributed by atoms with Crippen molar-refractivity contribution in [1.29, 1.82) is 0 Å². The molecule has 1 aliphatic carbocycles. The van der Waals surface area contributed by atoms with Crippen molar-refractivity contribution in [2.24, 2.45) is 0 Å². The van der Waals surface area contributed by atoms with Gasteiger partial charge in [-0.2, -0.15) is 0 Å². The summed E-state index contributed by atoms with van der Waals surface area (Å²) in [6.45, 7) is 2.23. The lowest BCUT2D eigenvalue weighted by Crippen LogP contribution is -2.59. The molecule has 1 saturated carbocycles. The van der Waals surface area contributed by atoms with Crippen LogP contribution in [0.2, 0.25) is 0 Å². The fraction of sp³-hybridized carbons (Fsp3) is 1.00. The zero-order valence-corrected chi connectivity index (χ0v) is 9.14. The van der Waals surface area contributed by atoms with Crippen molar-refractivity contribution in [1.82, 2.24) is 0 Å². The summed E-state index contributed by atoms with van der Waals surface area (Å²) in [7, 11) is -3.23. The van der Waals surface area contributed by atoms with Crippen molar-refractivity contribution < 1.29 is 18.3 Å². The molecule has 0 radical (unpaired) electrons. The van der Waals surface area contributed by atoms with E-state index < -0.39 is 19.3 Å². The van der Waals surface area contributed by atoms with Crippen LogP contribution in [0.5, 0.6) is 0 Å². The SMILES string of the molecule is CCC1(S(=O)(=O)C2(CO)CC2)COC1. The van der Waals surface area contributed by atoms with Gasteiger partial charge in [0.1, 0.15) is 4.75 Å². The predicted molar refractivity (Wildman–Crippen MR) is 51.8 cm³/mol. The molecule has 0 unspecified atom stereocenters. The Morgan fingerprint density at radius 3 is 2.07 bits per heavy atom. The van der Waals surface area contributed by atoms with Gasteiger partial charge in [-0.1, -0.05) is 6.92 Å². The quantitative estimate of drug-likeness (QED) is 0.730. The molecule has 4 nitrogen and oxygen atoms in total. The van der Waals surface area contributed by atoms with Gasteiger partial charge in [0.15, 0.2) is 9.84 Å². The highest BCUT2D eigenvalue weighted by Crippen LogP contribution is 2.50. The van der Waals surface area contributed by atoms with Crippen molar-refractivity contribution in [2.75, 3.05) is 19.8 Å². The van der Waals surface area contributed by atoms with Crippen LogP contribution in [-0.4, -0.2) is 42.8 Å². The number of hydrogen-bond donors (Lipinski definition) is 1. The topological polar surface area (TPSA) is 63.6 Å². The summed E-state index contributed by atoms with van der Waals surface area (Å²) in [5.74, 6) is 0. The first-order valence-electron chi connectivity index (χ1n) is 4.96. The molecule has 0 aromatic carbocycles. The van der Waals surface area contributed by atoms with E-state index in [4.69, 9.17) is 9.84 Å². The van der Waals surface area contributed by atoms with Crippen LogP contribution in [0.1, 0.15) is 26.2 Å². The Morgan fingerprint density at radius 1 is 1.29 bits per heavy atom. The van der Waals surface area contributed by atoms with Crippen molar-refractivity contribution in [3.8, 4) is 0 Å². The molecular formula is C9H16O4S. The Bertz CT molecular complexity index is 319. The van der Waals surface area contributed by atoms with E-state index in [1.807, 2.05) is 6.92 Å². The predicted octanol–water partition coefficient (Wildman–Crippen LogP) is 0.105. The Balaban J connectivity index is 2.32. The summed E-state index contributed by atoms with van der Waals surface area (Å²) in [6, 6.07) is 0. The maximum absolute atomic E-state index is 12.2. The van der Waals surface area contributed by atoms with Crippen molar-refractivity contribution in [2.45, 2.75) is 35.7 Å². The summed E-state index contributed by atoms with van der Waals surface area (Å²) in [5, 5.41) is 9.15. The van der Waals surface area contributed by atoms with E-state index in [1.54, 1.807) is 0 Å². The monoisotopic (exact) mass is 220 g/mol. The Kier molecular flexibility index (Phi) is 2.18. The number of hydrogen-bond acceptors (Lipinski definition) is 4. The number of rotatable bonds is 4. The number of sulfone groups is 1. The summed E-state index contributed by atoms with van der Waals surface area (Å²) < 4.78 is 28.0. The van der Waals surface area contributed by atoms with Gasteiger partial charge >= 0.3 is 0 Å². The first-order chi connectivity index (χ1) is 6.54. The zero-order chi connectivity index (χ0) is 10.4. The molecule has 0 aromatic heterocycles. The van der Waals surface area contributed by atoms with Gasteiger partial charge in [-0.3, -0.25) is 0 Å². The molecule has 0 amide bonds. The van der Waals surface area contributed by atoms with Gasteiger partial charge in [0.05, 0.1) is 24.6 Å². The minimum Gasteiger partial charge on any atom is -0.395 e. The number of aliphatic hydroxyl groups excluding tert-OH is 1. The average Bonchev–Trinajstić information content (AvgIpc) is 2.82. The summed E-state index contributed by atoms with van der Waals surface area (Å²) in [6.07, 6.45) is 1.79. The molecule has 0 bridgehead atoms. The molecule has 1 N–H and O–H groups in total. The Morgan fingerprint density at radius 2 is 1.86 bits per heavy atom. The maximum Gasteiger partial charge on any atom is 0.168 e. The summed E-state index contributed by atoms with van der Waals surface area (Å²) in [5.41, 5.74) is 0. The van der Waals surface area contributed by atoms with E-state index in [9.17, 15) is 8.42 Å². The smallest absolute Gasteiger partial charge is 0.168 e. The second-order valence-corrected chi connectivity index (χ2v) is 7.11. The highest BCUT2D eigenvalue weighted by Gasteiger charge is 2.64. The second kappa shape index (κ2) is 2.93. The molecule has 0 aromatic rings. The van der Waals surface area contributed by atoms with Crippen LogP contribution < -0.4 is 0 Å². The molecule has 0 spiro atoms. The average molecular weight is 220 g/mol. The van der Waals surface area contributed by atoms with Crippen molar-refractivity contribution in [3.63, 3.8) is 0 Å². The third-order valence-corrected chi connectivity index (χ3v) is 6.95. The lowest BCUT2D eigenvalue weighted by molar-refractivity contribution is -0.0159. The Labute approximate surface area is 84.2 Å². The van der Waals surface area contributed by atoms with Gasteiger partial charge in [-0.15, -0.1) is 0 Å². The first kappa shape index (κ1) is 10.4. The molecule has 1 aliphatic heterocycles. The third-order valence-electron chi connectivity index (χ3n) is 3.61. The second-order valence-electron chi connectivity index (χ2n) is 4.37. The molecule has 1 heterocycles. The largest absolute Gasteiger partial charge is 0.395 e. The standard InChI is InChI=1S/C9H16O4S/c1-2-8(6-13-7-8)14(11,12)9(5-10)3-4-9/h10H,2-7H2,1H3. The van der Waals surface area contributed by atoms with Gasteiger partial charge in [-0.05, 0) is 19.3 Å². The molecular weight excluding hydrogens is 204 g/mol. The highest BCUT2D eigenvalue weighted by atomic mass is 32.2. The number of aliphatic hydroxyl groups is 1. The van der Waals surface area contributed by atoms with E-state index in [1.165, 1.54) is 0 Å². The molecule has 2 rings (SSSR count). The lowest BCUT2D eigenvalue weighted by Gasteiger charge is -2.42. The van der Waals surface area contributed by atoms with Gasteiger partial charge in [0, 0.05) is 0 Å². The van der Waals surface area contributed by atoms with Crippen LogP contribution in [0.15, 0.2) is 0 Å². The molecule has 5 heteroatoms. The fourth-order valence-corrected chi connectivity index (χ4v) is 4.57. The van der Waals surface area contributed by atoms with Crippen molar-refractivity contribution >= 4 is 9.84 Å². The molecule has 14 heavy (non-hydrogen) atoms. The first-order valence-corrected chi connectivity index (χ1v) is 6.45. The van der Waals surface area contributed by atoms with E-state index >= 15 is 0 Å². The van der Waals surface area contributed by atoms with Gasteiger partial charge < -0.3 is 9.84 Å². The molecule has 2 fully saturated rings. The Hall–Kier alpha value is -0.130. The van der Waals surface area contributed by atoms with Crippen LogP contribution >= 0.6 is 0 Å². The van der Waals surface area contributed by atoms with Crippen LogP contribution in [0.3, 0.4) is 0 Å². The van der Waals surface area contributed by atoms with Crippen LogP contribution in [0, 0.1) is 0 Å². The summed E-state index contributed by atoms with van der Waals surface area (Å²) in [4.78, 5) is 0. The van der Waals surface area contributed by atoms with Gasteiger partial charge in [-0.25, -0.2) is 8.42 Å². The molecule has 0 atom stereocenters. The van der Waals surface area contributed by atoms with E-state index in [2.05, 4.69) is 0 Å². The van der Waals surface area contributed by atoms with E-state index in [-0.39, 0.29) is 6.61 Å². The maximum atomic E-state index is 12.2. The summed E-state index contributed by atoms with van der Waals surface area (Å²) >= 11 is 0. The normalized spacial score (nSPS) is 28.1. The van der Waals surface area contributed by atoms with Crippen molar-refractivity contribution in [3.05, 3.63) is 0 Å². The fourth-order valence-electron chi connectivity index (χ4n) is 1.99. The molecule has 1 saturated heterocycles. The molecule has 82 valence electrons. The van der Waals surface area contributed by atoms with E-state index in [0.29, 0.717) is 32.5 Å². The van der Waals surface area contributed by atoms with Gasteiger partial charge in [0.2, 0.25) is 0 Å². The van der Waals surface area contributed by atoms with Gasteiger partial charge in [0.25, 0.3) is 0 Å². The zero-order valence-electron chi connectivity index (χ0n) is 8.32. The van der Waals surface area contributed by atoms with Crippen LogP contribution in [0.4, 0.5) is 0 Å².